The van der Waals surface area contributed by atoms with Crippen molar-refractivity contribution < 1.29 is 14.3 Å². The van der Waals surface area contributed by atoms with Crippen LogP contribution in [0.1, 0.15) is 0 Å². The molecule has 0 unspecified atom stereocenters. The summed E-state index contributed by atoms with van der Waals surface area (Å²) < 4.78 is 4.76. The number of hydrogen-bond donors (Lipinski definition) is 4. The maximum atomic E-state index is 11.6. The fraction of sp³-hybridized carbons (Fsp3) is 0.167. The molecule has 2 rings (SSSR count). The van der Waals surface area contributed by atoms with Crippen LogP contribution in [0.2, 0.25) is 0 Å². The first kappa shape index (κ1) is 14.3. The molecule has 0 fully saturated rings. The minimum atomic E-state index is -0.480. The number of nitrogens with one attached hydrogen (secondary N) is 4. The number of amides is 3. The Morgan fingerprint density at radius 2 is 2.00 bits per heavy atom. The van der Waals surface area contributed by atoms with E-state index < -0.39 is 11.9 Å². The Bertz CT molecular complexity index is 612. The maximum Gasteiger partial charge on any atom is 0.336 e. The van der Waals surface area contributed by atoms with E-state index in [9.17, 15) is 9.59 Å². The lowest BCUT2D eigenvalue weighted by molar-refractivity contribution is -0.115. The molecule has 0 aliphatic carbocycles. The standard InChI is InChI=1S/C12H14N6O3/c1-21-12-16-10(17-18-12)15-9(19)7-13-11(20)14-8-5-3-2-4-6-8/h2-6H,7H2,1H3,(H2,13,14,20)(H2,15,16,17,18,19). The van der Waals surface area contributed by atoms with E-state index in [0.29, 0.717) is 5.69 Å². The van der Waals surface area contributed by atoms with Crippen molar-refractivity contribution in [2.75, 3.05) is 24.3 Å². The second-order valence-electron chi connectivity index (χ2n) is 3.89. The predicted octanol–water partition coefficient (Wildman–Crippen LogP) is 0.573. The number of hydrogen-bond acceptors (Lipinski definition) is 5. The molecule has 21 heavy (non-hydrogen) atoms. The summed E-state index contributed by atoms with van der Waals surface area (Å²) in [6, 6.07) is 8.52. The number of ether oxygens (including phenoxy) is 1. The number of aromatic nitrogens is 3. The van der Waals surface area contributed by atoms with Crippen LogP contribution in [0.15, 0.2) is 30.3 Å². The number of carbonyl (C=O) groups is 2. The average Bonchev–Trinajstić information content (AvgIpc) is 2.94. The summed E-state index contributed by atoms with van der Waals surface area (Å²) in [6.45, 7) is -0.207. The summed E-state index contributed by atoms with van der Waals surface area (Å²) in [5.74, 6) is -0.306. The first-order valence-electron chi connectivity index (χ1n) is 6.03. The van der Waals surface area contributed by atoms with Gasteiger partial charge < -0.3 is 15.4 Å². The molecule has 4 N–H and O–H groups in total. The molecule has 9 nitrogen and oxygen atoms in total. The van der Waals surface area contributed by atoms with Crippen molar-refractivity contribution in [2.24, 2.45) is 0 Å². The Morgan fingerprint density at radius 1 is 1.24 bits per heavy atom. The average molecular weight is 290 g/mol. The minimum Gasteiger partial charge on any atom is -0.466 e. The molecule has 3 amide bonds. The summed E-state index contributed by atoms with van der Waals surface area (Å²) in [7, 11) is 1.41. The molecule has 9 heteroatoms. The molecule has 0 radical (unpaired) electrons. The third-order valence-electron chi connectivity index (χ3n) is 2.35. The molecular weight excluding hydrogens is 276 g/mol. The summed E-state index contributed by atoms with van der Waals surface area (Å²) in [6.07, 6.45) is 0. The third-order valence-corrected chi connectivity index (χ3v) is 2.35. The van der Waals surface area contributed by atoms with Gasteiger partial charge in [-0.25, -0.2) is 9.89 Å². The predicted molar refractivity (Wildman–Crippen MR) is 75.0 cm³/mol. The van der Waals surface area contributed by atoms with Crippen molar-refractivity contribution >= 4 is 23.6 Å². The van der Waals surface area contributed by atoms with Gasteiger partial charge in [-0.2, -0.15) is 4.98 Å². The van der Waals surface area contributed by atoms with Gasteiger partial charge in [0.2, 0.25) is 11.9 Å². The van der Waals surface area contributed by atoms with Crippen molar-refractivity contribution in [1.29, 1.82) is 0 Å². The number of para-hydroxylation sites is 1. The van der Waals surface area contributed by atoms with E-state index in [1.54, 1.807) is 24.3 Å². The van der Waals surface area contributed by atoms with Crippen molar-refractivity contribution in [3.8, 4) is 6.01 Å². The largest absolute Gasteiger partial charge is 0.466 e. The number of rotatable bonds is 5. The van der Waals surface area contributed by atoms with Crippen LogP contribution in [0.3, 0.4) is 0 Å². The number of urea groups is 1. The highest BCUT2D eigenvalue weighted by molar-refractivity contribution is 5.96. The SMILES string of the molecule is COc1n[nH]c(NC(=O)CNC(=O)Nc2ccccc2)n1. The zero-order chi connectivity index (χ0) is 15.1. The van der Waals surface area contributed by atoms with Gasteiger partial charge in [-0.05, 0) is 12.1 Å². The number of nitrogens with zero attached hydrogens (tertiary/aromatic N) is 2. The molecule has 1 heterocycles. The van der Waals surface area contributed by atoms with Crippen molar-refractivity contribution in [3.63, 3.8) is 0 Å². The van der Waals surface area contributed by atoms with Gasteiger partial charge in [0, 0.05) is 5.69 Å². The number of anilines is 2. The molecule has 0 aliphatic rings. The molecule has 1 aromatic carbocycles. The van der Waals surface area contributed by atoms with Crippen LogP contribution >= 0.6 is 0 Å². The number of methoxy groups -OCH3 is 1. The molecule has 0 spiro atoms. The van der Waals surface area contributed by atoms with E-state index in [2.05, 4.69) is 31.1 Å². The molecule has 0 bridgehead atoms. The van der Waals surface area contributed by atoms with Gasteiger partial charge in [0.15, 0.2) is 0 Å². The molecule has 0 atom stereocenters. The Labute approximate surface area is 120 Å². The van der Waals surface area contributed by atoms with Crippen LogP contribution < -0.4 is 20.7 Å². The number of H-pyrrole nitrogens is 1. The van der Waals surface area contributed by atoms with Crippen molar-refractivity contribution in [2.45, 2.75) is 0 Å². The molecular formula is C12H14N6O3. The summed E-state index contributed by atoms with van der Waals surface area (Å²) >= 11 is 0. The van der Waals surface area contributed by atoms with Crippen LogP contribution in [0.4, 0.5) is 16.4 Å². The number of benzene rings is 1. The first-order chi connectivity index (χ1) is 10.2. The van der Waals surface area contributed by atoms with Crippen molar-refractivity contribution in [1.82, 2.24) is 20.5 Å². The second kappa shape index (κ2) is 6.89. The Morgan fingerprint density at radius 3 is 2.67 bits per heavy atom. The van der Waals surface area contributed by atoms with Crippen molar-refractivity contribution in [3.05, 3.63) is 30.3 Å². The van der Waals surface area contributed by atoms with E-state index in [1.807, 2.05) is 6.07 Å². The monoisotopic (exact) mass is 290 g/mol. The Balaban J connectivity index is 1.74. The smallest absolute Gasteiger partial charge is 0.336 e. The fourth-order valence-electron chi connectivity index (χ4n) is 1.43. The van der Waals surface area contributed by atoms with Gasteiger partial charge in [0.25, 0.3) is 0 Å². The third kappa shape index (κ3) is 4.49. The fourth-order valence-corrected chi connectivity index (χ4v) is 1.43. The van der Waals surface area contributed by atoms with E-state index in [0.717, 1.165) is 0 Å². The zero-order valence-corrected chi connectivity index (χ0v) is 11.2. The van der Waals surface area contributed by atoms with Gasteiger partial charge >= 0.3 is 12.0 Å². The summed E-state index contributed by atoms with van der Waals surface area (Å²) in [5, 5.41) is 13.6. The van der Waals surface area contributed by atoms with Gasteiger partial charge in [-0.1, -0.05) is 18.2 Å². The molecule has 2 aromatic rings. The molecule has 0 saturated carbocycles. The van der Waals surface area contributed by atoms with Gasteiger partial charge in [0.1, 0.15) is 0 Å². The van der Waals surface area contributed by atoms with E-state index in [4.69, 9.17) is 4.74 Å². The highest BCUT2D eigenvalue weighted by Gasteiger charge is 2.09. The number of aromatic amines is 1. The van der Waals surface area contributed by atoms with E-state index in [1.165, 1.54) is 7.11 Å². The van der Waals surface area contributed by atoms with E-state index in [-0.39, 0.29) is 18.5 Å². The molecule has 1 aromatic heterocycles. The lowest BCUT2D eigenvalue weighted by Crippen LogP contribution is -2.35. The van der Waals surface area contributed by atoms with Gasteiger partial charge in [0.05, 0.1) is 13.7 Å². The summed E-state index contributed by atoms with van der Waals surface area (Å²) in [5.41, 5.74) is 0.635. The van der Waals surface area contributed by atoms with Crippen LogP contribution in [0.5, 0.6) is 6.01 Å². The zero-order valence-electron chi connectivity index (χ0n) is 11.2. The van der Waals surface area contributed by atoms with Crippen LogP contribution in [0, 0.1) is 0 Å². The van der Waals surface area contributed by atoms with Gasteiger partial charge in [-0.3, -0.25) is 10.1 Å². The topological polar surface area (TPSA) is 121 Å². The molecule has 0 aliphatic heterocycles. The number of carbonyl (C=O) groups excluding carboxylic acids is 2. The van der Waals surface area contributed by atoms with E-state index >= 15 is 0 Å². The van der Waals surface area contributed by atoms with Crippen LogP contribution in [0.25, 0.3) is 0 Å². The lowest BCUT2D eigenvalue weighted by Gasteiger charge is -2.06. The Hall–Kier alpha value is -3.10. The summed E-state index contributed by atoms with van der Waals surface area (Å²) in [4.78, 5) is 27.0. The first-order valence-corrected chi connectivity index (χ1v) is 6.03. The second-order valence-corrected chi connectivity index (χ2v) is 3.89. The maximum absolute atomic E-state index is 11.6. The molecule has 0 saturated heterocycles. The minimum absolute atomic E-state index is 0.111. The normalized spacial score (nSPS) is 9.76. The lowest BCUT2D eigenvalue weighted by atomic mass is 10.3. The highest BCUT2D eigenvalue weighted by Crippen LogP contribution is 2.05. The Kier molecular flexibility index (Phi) is 4.70. The quantitative estimate of drug-likeness (QED) is 0.641. The highest BCUT2D eigenvalue weighted by atomic mass is 16.5. The van der Waals surface area contributed by atoms with Gasteiger partial charge in [-0.15, -0.1) is 5.10 Å². The van der Waals surface area contributed by atoms with Crippen LogP contribution in [-0.4, -0.2) is 40.8 Å². The van der Waals surface area contributed by atoms with Crippen LogP contribution in [-0.2, 0) is 4.79 Å². The molecule has 110 valence electrons.